The molecular weight excluding hydrogens is 254 g/mol. The maximum atomic E-state index is 12.1. The molecule has 0 amide bonds. The molecular formula is C16H17NO3. The van der Waals surface area contributed by atoms with Crippen molar-refractivity contribution < 1.29 is 14.3 Å². The van der Waals surface area contributed by atoms with Crippen LogP contribution < -0.4 is 0 Å². The first-order valence-electron chi connectivity index (χ1n) is 6.54. The third-order valence-electron chi connectivity index (χ3n) is 3.35. The molecule has 0 aliphatic carbocycles. The van der Waals surface area contributed by atoms with Crippen molar-refractivity contribution in [3.8, 4) is 0 Å². The zero-order chi connectivity index (χ0) is 14.7. The van der Waals surface area contributed by atoms with Crippen LogP contribution in [-0.4, -0.2) is 16.9 Å². The molecule has 1 aromatic heterocycles. The Balaban J connectivity index is 2.19. The van der Waals surface area contributed by atoms with Crippen molar-refractivity contribution in [3.63, 3.8) is 0 Å². The van der Waals surface area contributed by atoms with Crippen LogP contribution in [0.25, 0.3) is 0 Å². The average Bonchev–Trinajstić information content (AvgIpc) is 2.74. The molecule has 1 aromatic carbocycles. The Morgan fingerprint density at radius 1 is 1.10 bits per heavy atom. The average molecular weight is 271 g/mol. The summed E-state index contributed by atoms with van der Waals surface area (Å²) in [5.41, 5.74) is 3.57. The van der Waals surface area contributed by atoms with Crippen molar-refractivity contribution in [1.29, 1.82) is 0 Å². The fraction of sp³-hybridized carbons (Fsp3) is 0.250. The summed E-state index contributed by atoms with van der Waals surface area (Å²) in [5.74, 6) is -1.28. The van der Waals surface area contributed by atoms with E-state index in [1.807, 2.05) is 20.8 Å². The van der Waals surface area contributed by atoms with Crippen LogP contribution in [0.15, 0.2) is 30.3 Å². The second-order valence-electron chi connectivity index (χ2n) is 4.63. The summed E-state index contributed by atoms with van der Waals surface area (Å²) >= 11 is 0. The number of carbonyl (C=O) groups is 2. The number of esters is 2. The van der Waals surface area contributed by atoms with Crippen molar-refractivity contribution in [2.24, 2.45) is 0 Å². The lowest BCUT2D eigenvalue weighted by Crippen LogP contribution is -2.14. The quantitative estimate of drug-likeness (QED) is 0.689. The van der Waals surface area contributed by atoms with Gasteiger partial charge in [0.25, 0.3) is 0 Å². The summed E-state index contributed by atoms with van der Waals surface area (Å²) in [4.78, 5) is 26.9. The minimum absolute atomic E-state index is 0.351. The van der Waals surface area contributed by atoms with Gasteiger partial charge in [-0.15, -0.1) is 0 Å². The maximum Gasteiger partial charge on any atom is 0.362 e. The number of H-pyrrole nitrogens is 1. The Bertz CT molecular complexity index is 641. The molecule has 0 spiro atoms. The van der Waals surface area contributed by atoms with Gasteiger partial charge in [0.1, 0.15) is 5.69 Å². The first-order valence-corrected chi connectivity index (χ1v) is 6.54. The molecule has 4 nitrogen and oxygen atoms in total. The number of aromatic amines is 1. The first kappa shape index (κ1) is 14.1. The van der Waals surface area contributed by atoms with Crippen molar-refractivity contribution in [3.05, 3.63) is 58.4 Å². The van der Waals surface area contributed by atoms with Gasteiger partial charge in [-0.2, -0.15) is 0 Å². The monoisotopic (exact) mass is 271 g/mol. The van der Waals surface area contributed by atoms with Gasteiger partial charge in [0.15, 0.2) is 0 Å². The second kappa shape index (κ2) is 5.74. The van der Waals surface area contributed by atoms with E-state index >= 15 is 0 Å². The predicted molar refractivity (Wildman–Crippen MR) is 75.8 cm³/mol. The molecule has 0 aliphatic rings. The van der Waals surface area contributed by atoms with Crippen LogP contribution >= 0.6 is 0 Å². The zero-order valence-corrected chi connectivity index (χ0v) is 11.8. The number of nitrogens with one attached hydrogen (secondary N) is 1. The van der Waals surface area contributed by atoms with Gasteiger partial charge >= 0.3 is 11.9 Å². The van der Waals surface area contributed by atoms with Gasteiger partial charge in [-0.3, -0.25) is 0 Å². The molecule has 20 heavy (non-hydrogen) atoms. The highest BCUT2D eigenvalue weighted by Crippen LogP contribution is 2.19. The van der Waals surface area contributed by atoms with E-state index in [1.165, 1.54) is 0 Å². The fourth-order valence-corrected chi connectivity index (χ4v) is 2.29. The summed E-state index contributed by atoms with van der Waals surface area (Å²) < 4.78 is 4.91. The van der Waals surface area contributed by atoms with E-state index in [1.54, 1.807) is 30.3 Å². The molecule has 0 atom stereocenters. The molecule has 0 saturated carbocycles. The second-order valence-corrected chi connectivity index (χ2v) is 4.63. The van der Waals surface area contributed by atoms with E-state index < -0.39 is 11.9 Å². The molecule has 1 N–H and O–H groups in total. The maximum absolute atomic E-state index is 12.1. The van der Waals surface area contributed by atoms with Gasteiger partial charge < -0.3 is 9.72 Å². The van der Waals surface area contributed by atoms with Gasteiger partial charge in [0.05, 0.1) is 5.56 Å². The van der Waals surface area contributed by atoms with Gasteiger partial charge in [-0.25, -0.2) is 9.59 Å². The molecule has 1 heterocycles. The summed E-state index contributed by atoms with van der Waals surface area (Å²) in [6.45, 7) is 5.78. The van der Waals surface area contributed by atoms with E-state index in [-0.39, 0.29) is 0 Å². The number of hydrogen-bond acceptors (Lipinski definition) is 3. The molecule has 2 rings (SSSR count). The van der Waals surface area contributed by atoms with E-state index in [2.05, 4.69) is 4.98 Å². The molecule has 0 fully saturated rings. The third-order valence-corrected chi connectivity index (χ3v) is 3.35. The summed E-state index contributed by atoms with van der Waals surface area (Å²) in [7, 11) is 0. The molecule has 104 valence electrons. The highest BCUT2D eigenvalue weighted by atomic mass is 16.6. The van der Waals surface area contributed by atoms with Gasteiger partial charge in [0, 0.05) is 5.69 Å². The summed E-state index contributed by atoms with van der Waals surface area (Å²) in [6.07, 6.45) is 0.827. The lowest BCUT2D eigenvalue weighted by Gasteiger charge is -2.03. The predicted octanol–water partition coefficient (Wildman–Crippen LogP) is 3.19. The van der Waals surface area contributed by atoms with Gasteiger partial charge in [-0.1, -0.05) is 25.1 Å². The van der Waals surface area contributed by atoms with Crippen LogP contribution in [0.4, 0.5) is 0 Å². The highest BCUT2D eigenvalue weighted by Gasteiger charge is 2.20. The van der Waals surface area contributed by atoms with Crippen LogP contribution in [-0.2, 0) is 11.2 Å². The standard InChI is InChI=1S/C16H17NO3/c1-4-13-10(2)14(17-11(13)3)16(19)20-15(18)12-8-6-5-7-9-12/h5-9,17H,4H2,1-3H3. The van der Waals surface area contributed by atoms with Crippen LogP contribution in [0.3, 0.4) is 0 Å². The Morgan fingerprint density at radius 2 is 1.75 bits per heavy atom. The summed E-state index contributed by atoms with van der Waals surface area (Å²) in [6, 6.07) is 8.46. The lowest BCUT2D eigenvalue weighted by atomic mass is 10.1. The Labute approximate surface area is 117 Å². The minimum Gasteiger partial charge on any atom is -0.385 e. The third kappa shape index (κ3) is 2.64. The Kier molecular flexibility index (Phi) is 4.03. The molecule has 0 radical (unpaired) electrons. The van der Waals surface area contributed by atoms with E-state index in [0.29, 0.717) is 11.3 Å². The van der Waals surface area contributed by atoms with E-state index in [0.717, 1.165) is 23.2 Å². The number of aryl methyl sites for hydroxylation is 1. The number of benzene rings is 1. The lowest BCUT2D eigenvalue weighted by molar-refractivity contribution is 0.0393. The number of ether oxygens (including phenoxy) is 1. The minimum atomic E-state index is -0.640. The van der Waals surface area contributed by atoms with Crippen LogP contribution in [0.1, 0.15) is 44.6 Å². The molecule has 0 unspecified atom stereocenters. The molecule has 4 heteroatoms. The zero-order valence-electron chi connectivity index (χ0n) is 11.8. The Morgan fingerprint density at radius 3 is 2.30 bits per heavy atom. The molecule has 0 bridgehead atoms. The van der Waals surface area contributed by atoms with Crippen molar-refractivity contribution in [2.75, 3.05) is 0 Å². The molecule has 0 saturated heterocycles. The fourth-order valence-electron chi connectivity index (χ4n) is 2.29. The van der Waals surface area contributed by atoms with Crippen molar-refractivity contribution >= 4 is 11.9 Å². The van der Waals surface area contributed by atoms with Crippen LogP contribution in [0, 0.1) is 13.8 Å². The molecule has 2 aromatic rings. The van der Waals surface area contributed by atoms with Crippen LogP contribution in [0.2, 0.25) is 0 Å². The highest BCUT2D eigenvalue weighted by molar-refractivity contribution is 6.02. The topological polar surface area (TPSA) is 59.2 Å². The number of carbonyl (C=O) groups excluding carboxylic acids is 2. The number of rotatable bonds is 3. The number of hydrogen-bond donors (Lipinski definition) is 1. The SMILES string of the molecule is CCc1c(C)[nH]c(C(=O)OC(=O)c2ccccc2)c1C. The Hall–Kier alpha value is -2.36. The largest absolute Gasteiger partial charge is 0.385 e. The van der Waals surface area contributed by atoms with Gasteiger partial charge in [0.2, 0.25) is 0 Å². The van der Waals surface area contributed by atoms with Crippen LogP contribution in [0.5, 0.6) is 0 Å². The molecule has 0 aliphatic heterocycles. The smallest absolute Gasteiger partial charge is 0.362 e. The normalized spacial score (nSPS) is 10.3. The van der Waals surface area contributed by atoms with Crippen molar-refractivity contribution in [2.45, 2.75) is 27.2 Å². The van der Waals surface area contributed by atoms with Gasteiger partial charge in [-0.05, 0) is 43.5 Å². The number of aromatic nitrogens is 1. The van der Waals surface area contributed by atoms with E-state index in [9.17, 15) is 9.59 Å². The van der Waals surface area contributed by atoms with Crippen molar-refractivity contribution in [1.82, 2.24) is 4.98 Å². The first-order chi connectivity index (χ1) is 9.54. The van der Waals surface area contributed by atoms with E-state index in [4.69, 9.17) is 4.74 Å². The summed E-state index contributed by atoms with van der Waals surface area (Å²) in [5, 5.41) is 0.